The second-order valence-corrected chi connectivity index (χ2v) is 3.97. The van der Waals surface area contributed by atoms with Crippen molar-refractivity contribution in [1.82, 2.24) is 19.6 Å². The highest BCUT2D eigenvalue weighted by molar-refractivity contribution is 5.92. The van der Waals surface area contributed by atoms with Gasteiger partial charge in [-0.3, -0.25) is 9.36 Å². The summed E-state index contributed by atoms with van der Waals surface area (Å²) in [6.07, 6.45) is 1.70. The smallest absolute Gasteiger partial charge is 0.124 e. The van der Waals surface area contributed by atoms with E-state index in [4.69, 9.17) is 0 Å². The van der Waals surface area contributed by atoms with Crippen LogP contribution in [0, 0.1) is 5.82 Å². The quantitative estimate of drug-likeness (QED) is 0.642. The monoisotopic (exact) mass is 230 g/mol. The van der Waals surface area contributed by atoms with Gasteiger partial charge in [0.25, 0.3) is 0 Å². The molecule has 0 radical (unpaired) electrons. The standard InChI is InChI=1S/C12H11FN4/c1-16-11(5-6-14-16)12-9-7-8(13)3-4-10(9)17(2)15-12/h3-7H,1-2H3. The van der Waals surface area contributed by atoms with Crippen molar-refractivity contribution in [2.24, 2.45) is 14.1 Å². The Morgan fingerprint density at radius 3 is 2.65 bits per heavy atom. The Bertz CT molecular complexity index is 696. The first kappa shape index (κ1) is 10.0. The number of benzene rings is 1. The third kappa shape index (κ3) is 1.43. The zero-order valence-corrected chi connectivity index (χ0v) is 9.55. The molecule has 3 aromatic rings. The molecule has 3 rings (SSSR count). The van der Waals surface area contributed by atoms with Gasteiger partial charge in [0.15, 0.2) is 0 Å². The zero-order valence-electron chi connectivity index (χ0n) is 9.55. The van der Waals surface area contributed by atoms with Crippen LogP contribution in [0.25, 0.3) is 22.3 Å². The number of hydrogen-bond acceptors (Lipinski definition) is 2. The van der Waals surface area contributed by atoms with Crippen LogP contribution < -0.4 is 0 Å². The van der Waals surface area contributed by atoms with Gasteiger partial charge in [0.2, 0.25) is 0 Å². The van der Waals surface area contributed by atoms with E-state index in [-0.39, 0.29) is 5.82 Å². The molecule has 17 heavy (non-hydrogen) atoms. The summed E-state index contributed by atoms with van der Waals surface area (Å²) >= 11 is 0. The Labute approximate surface area is 97.3 Å². The van der Waals surface area contributed by atoms with Gasteiger partial charge < -0.3 is 0 Å². The van der Waals surface area contributed by atoms with Gasteiger partial charge in [-0.05, 0) is 24.3 Å². The summed E-state index contributed by atoms with van der Waals surface area (Å²) in [7, 11) is 3.69. The van der Waals surface area contributed by atoms with Gasteiger partial charge in [-0.25, -0.2) is 4.39 Å². The summed E-state index contributed by atoms with van der Waals surface area (Å²) in [6, 6.07) is 6.55. The predicted molar refractivity (Wildman–Crippen MR) is 62.9 cm³/mol. The van der Waals surface area contributed by atoms with Gasteiger partial charge in [0.1, 0.15) is 11.5 Å². The third-order valence-electron chi connectivity index (χ3n) is 2.88. The van der Waals surface area contributed by atoms with Crippen LogP contribution in [0.2, 0.25) is 0 Å². The number of aromatic nitrogens is 4. The Kier molecular flexibility index (Phi) is 2.01. The minimum absolute atomic E-state index is 0.256. The highest BCUT2D eigenvalue weighted by Gasteiger charge is 2.13. The molecule has 2 aromatic heterocycles. The van der Waals surface area contributed by atoms with E-state index < -0.39 is 0 Å². The van der Waals surface area contributed by atoms with Crippen LogP contribution in [0.15, 0.2) is 30.5 Å². The van der Waals surface area contributed by atoms with Crippen molar-refractivity contribution < 1.29 is 4.39 Å². The second kappa shape index (κ2) is 3.41. The number of hydrogen-bond donors (Lipinski definition) is 0. The second-order valence-electron chi connectivity index (χ2n) is 3.97. The maximum absolute atomic E-state index is 13.3. The van der Waals surface area contributed by atoms with Crippen LogP contribution in [-0.4, -0.2) is 19.6 Å². The molecule has 5 heteroatoms. The lowest BCUT2D eigenvalue weighted by Crippen LogP contribution is -1.95. The summed E-state index contributed by atoms with van der Waals surface area (Å²) in [5.74, 6) is -0.256. The Balaban J connectivity index is 2.37. The van der Waals surface area contributed by atoms with Crippen molar-refractivity contribution >= 4 is 10.9 Å². The molecule has 0 aliphatic carbocycles. The molecule has 86 valence electrons. The van der Waals surface area contributed by atoms with E-state index in [1.807, 2.05) is 20.2 Å². The van der Waals surface area contributed by atoms with Crippen LogP contribution in [-0.2, 0) is 14.1 Å². The summed E-state index contributed by atoms with van der Waals surface area (Å²) in [6.45, 7) is 0. The summed E-state index contributed by atoms with van der Waals surface area (Å²) in [4.78, 5) is 0. The first-order valence-electron chi connectivity index (χ1n) is 5.27. The molecule has 0 unspecified atom stereocenters. The molecule has 0 spiro atoms. The number of nitrogens with zero attached hydrogens (tertiary/aromatic N) is 4. The molecular formula is C12H11FN4. The zero-order chi connectivity index (χ0) is 12.0. The minimum atomic E-state index is -0.256. The van der Waals surface area contributed by atoms with Gasteiger partial charge >= 0.3 is 0 Å². The molecule has 4 nitrogen and oxygen atoms in total. The van der Waals surface area contributed by atoms with Gasteiger partial charge in [-0.15, -0.1) is 0 Å². The van der Waals surface area contributed by atoms with Gasteiger partial charge in [0, 0.05) is 25.7 Å². The maximum Gasteiger partial charge on any atom is 0.124 e. The van der Waals surface area contributed by atoms with Crippen molar-refractivity contribution in [3.63, 3.8) is 0 Å². The topological polar surface area (TPSA) is 35.6 Å². The summed E-state index contributed by atoms with van der Waals surface area (Å²) in [5.41, 5.74) is 2.53. The molecule has 0 fully saturated rings. The van der Waals surface area contributed by atoms with Crippen LogP contribution in [0.4, 0.5) is 4.39 Å². The van der Waals surface area contributed by atoms with Gasteiger partial charge in [0.05, 0.1) is 11.2 Å². The maximum atomic E-state index is 13.3. The molecule has 0 bridgehead atoms. The molecule has 0 amide bonds. The fourth-order valence-electron chi connectivity index (χ4n) is 2.03. The van der Waals surface area contributed by atoms with Gasteiger partial charge in [-0.1, -0.05) is 0 Å². The summed E-state index contributed by atoms with van der Waals surface area (Å²) in [5, 5.41) is 9.33. The van der Waals surface area contributed by atoms with Crippen molar-refractivity contribution in [3.05, 3.63) is 36.3 Å². The predicted octanol–water partition coefficient (Wildman–Crippen LogP) is 2.11. The third-order valence-corrected chi connectivity index (χ3v) is 2.88. The van der Waals surface area contributed by atoms with Gasteiger partial charge in [-0.2, -0.15) is 10.2 Å². The first-order valence-corrected chi connectivity index (χ1v) is 5.27. The number of aryl methyl sites for hydroxylation is 2. The molecular weight excluding hydrogens is 219 g/mol. The largest absolute Gasteiger partial charge is 0.267 e. The van der Waals surface area contributed by atoms with Crippen molar-refractivity contribution in [3.8, 4) is 11.4 Å². The summed E-state index contributed by atoms with van der Waals surface area (Å²) < 4.78 is 16.8. The molecule has 2 heterocycles. The van der Waals surface area contributed by atoms with Crippen LogP contribution in [0.3, 0.4) is 0 Å². The van der Waals surface area contributed by atoms with Crippen LogP contribution in [0.5, 0.6) is 0 Å². The molecule has 0 saturated heterocycles. The minimum Gasteiger partial charge on any atom is -0.267 e. The molecule has 0 aliphatic heterocycles. The SMILES string of the molecule is Cn1nccc1-c1nn(C)c2ccc(F)cc12. The Morgan fingerprint density at radius 2 is 1.94 bits per heavy atom. The highest BCUT2D eigenvalue weighted by Crippen LogP contribution is 2.27. The molecule has 1 aromatic carbocycles. The van der Waals surface area contributed by atoms with E-state index in [1.165, 1.54) is 12.1 Å². The van der Waals surface area contributed by atoms with Crippen LogP contribution >= 0.6 is 0 Å². The fourth-order valence-corrected chi connectivity index (χ4v) is 2.03. The molecule has 0 saturated carbocycles. The van der Waals surface area contributed by atoms with Crippen molar-refractivity contribution in [2.45, 2.75) is 0 Å². The lowest BCUT2D eigenvalue weighted by atomic mass is 10.1. The number of halogens is 1. The average Bonchev–Trinajstić information content (AvgIpc) is 2.83. The van der Waals surface area contributed by atoms with Crippen LogP contribution in [0.1, 0.15) is 0 Å². The Morgan fingerprint density at radius 1 is 1.12 bits per heavy atom. The Hall–Kier alpha value is -2.17. The van der Waals surface area contributed by atoms with E-state index in [0.29, 0.717) is 0 Å². The molecule has 0 aliphatic rings. The first-order chi connectivity index (χ1) is 8.16. The van der Waals surface area contributed by atoms with Crippen molar-refractivity contribution in [2.75, 3.05) is 0 Å². The lowest BCUT2D eigenvalue weighted by Gasteiger charge is -1.98. The molecule has 0 atom stereocenters. The number of rotatable bonds is 1. The van der Waals surface area contributed by atoms with E-state index >= 15 is 0 Å². The van der Waals surface area contributed by atoms with E-state index in [2.05, 4.69) is 10.2 Å². The lowest BCUT2D eigenvalue weighted by molar-refractivity contribution is 0.629. The van der Waals surface area contributed by atoms with E-state index in [1.54, 1.807) is 21.6 Å². The van der Waals surface area contributed by atoms with Crippen molar-refractivity contribution in [1.29, 1.82) is 0 Å². The average molecular weight is 230 g/mol. The molecule has 0 N–H and O–H groups in total. The highest BCUT2D eigenvalue weighted by atomic mass is 19.1. The van der Waals surface area contributed by atoms with E-state index in [0.717, 1.165) is 22.3 Å². The number of fused-ring (bicyclic) bond motifs is 1. The normalized spacial score (nSPS) is 11.2. The van der Waals surface area contributed by atoms with E-state index in [9.17, 15) is 4.39 Å². The fraction of sp³-hybridized carbons (Fsp3) is 0.167.